The molecule has 1 fully saturated rings. The Hall–Kier alpha value is -0.340. The molecule has 2 atom stereocenters. The second-order valence-electron chi connectivity index (χ2n) is 3.90. The van der Waals surface area contributed by atoms with E-state index in [2.05, 4.69) is 18.4 Å². The maximum Gasteiger partial charge on any atom is 0.0592 e. The molecule has 2 nitrogen and oxygen atoms in total. The van der Waals surface area contributed by atoms with Crippen molar-refractivity contribution in [1.29, 1.82) is 0 Å². The van der Waals surface area contributed by atoms with Gasteiger partial charge in [0.05, 0.1) is 6.10 Å². The molecule has 0 amide bonds. The quantitative estimate of drug-likeness (QED) is 0.670. The lowest BCUT2D eigenvalue weighted by molar-refractivity contribution is 0.0259. The van der Waals surface area contributed by atoms with Crippen LogP contribution in [0, 0.1) is 5.92 Å². The van der Waals surface area contributed by atoms with Crippen molar-refractivity contribution in [1.82, 2.24) is 4.90 Å². The van der Waals surface area contributed by atoms with Gasteiger partial charge in [-0.05, 0) is 25.2 Å². The summed E-state index contributed by atoms with van der Waals surface area (Å²) in [6.45, 7) is 9.09. The monoisotopic (exact) mass is 183 g/mol. The molecule has 13 heavy (non-hydrogen) atoms. The molecule has 1 N–H and O–H groups in total. The van der Waals surface area contributed by atoms with E-state index >= 15 is 0 Å². The number of hydrogen-bond acceptors (Lipinski definition) is 2. The Kier molecular flexibility index (Phi) is 4.46. The predicted molar refractivity (Wildman–Crippen MR) is 55.7 cm³/mol. The molecular weight excluding hydrogens is 162 g/mol. The van der Waals surface area contributed by atoms with Gasteiger partial charge in [0, 0.05) is 19.6 Å². The highest BCUT2D eigenvalue weighted by molar-refractivity contribution is 4.80. The van der Waals surface area contributed by atoms with E-state index in [1.165, 1.54) is 0 Å². The second-order valence-corrected chi connectivity index (χ2v) is 3.90. The van der Waals surface area contributed by atoms with Crippen LogP contribution in [0.2, 0.25) is 0 Å². The summed E-state index contributed by atoms with van der Waals surface area (Å²) >= 11 is 0. The van der Waals surface area contributed by atoms with Gasteiger partial charge in [-0.2, -0.15) is 0 Å². The van der Waals surface area contributed by atoms with E-state index in [1.807, 2.05) is 6.08 Å². The lowest BCUT2D eigenvalue weighted by Gasteiger charge is -2.35. The van der Waals surface area contributed by atoms with Gasteiger partial charge < -0.3 is 10.0 Å². The summed E-state index contributed by atoms with van der Waals surface area (Å²) in [6, 6.07) is 0. The first-order valence-corrected chi connectivity index (χ1v) is 5.29. The Labute approximate surface area is 81.2 Å². The van der Waals surface area contributed by atoms with Gasteiger partial charge in [0.15, 0.2) is 0 Å². The third-order valence-corrected chi connectivity index (χ3v) is 2.95. The van der Waals surface area contributed by atoms with Gasteiger partial charge >= 0.3 is 0 Å². The number of piperidine rings is 1. The molecule has 0 saturated carbocycles. The highest BCUT2D eigenvalue weighted by atomic mass is 16.3. The molecule has 76 valence electrons. The highest BCUT2D eigenvalue weighted by Gasteiger charge is 2.25. The molecule has 0 aromatic heterocycles. The molecule has 1 heterocycles. The number of likely N-dealkylation sites (tertiary alicyclic amines) is 1. The topological polar surface area (TPSA) is 23.5 Å². The molecule has 0 aliphatic carbocycles. The van der Waals surface area contributed by atoms with Crippen molar-refractivity contribution in [3.63, 3.8) is 0 Å². The van der Waals surface area contributed by atoms with Crippen LogP contribution in [0.4, 0.5) is 0 Å². The summed E-state index contributed by atoms with van der Waals surface area (Å²) in [5.74, 6) is 0.485. The molecule has 1 aliphatic rings. The Morgan fingerprint density at radius 2 is 2.38 bits per heavy atom. The second kappa shape index (κ2) is 5.40. The minimum Gasteiger partial charge on any atom is -0.393 e. The van der Waals surface area contributed by atoms with Crippen LogP contribution in [-0.2, 0) is 0 Å². The van der Waals surface area contributed by atoms with Gasteiger partial charge in [-0.25, -0.2) is 0 Å². The summed E-state index contributed by atoms with van der Waals surface area (Å²) in [4.78, 5) is 2.43. The summed E-state index contributed by atoms with van der Waals surface area (Å²) in [5.41, 5.74) is 0. The van der Waals surface area contributed by atoms with Gasteiger partial charge in [-0.15, -0.1) is 6.58 Å². The van der Waals surface area contributed by atoms with Crippen LogP contribution >= 0.6 is 0 Å². The third kappa shape index (κ3) is 3.12. The zero-order chi connectivity index (χ0) is 9.68. The van der Waals surface area contributed by atoms with Crippen molar-refractivity contribution in [3.8, 4) is 0 Å². The van der Waals surface area contributed by atoms with Gasteiger partial charge in [0.2, 0.25) is 0 Å². The van der Waals surface area contributed by atoms with E-state index in [1.54, 1.807) is 0 Å². The van der Waals surface area contributed by atoms with Crippen molar-refractivity contribution in [2.24, 2.45) is 5.92 Å². The first kappa shape index (κ1) is 10.7. The van der Waals surface area contributed by atoms with Crippen LogP contribution in [0.15, 0.2) is 12.7 Å². The lowest BCUT2D eigenvalue weighted by Crippen LogP contribution is -2.43. The average Bonchev–Trinajstić information content (AvgIpc) is 2.16. The average molecular weight is 183 g/mol. The van der Waals surface area contributed by atoms with E-state index in [0.717, 1.165) is 38.9 Å². The molecule has 1 rings (SSSR count). The van der Waals surface area contributed by atoms with E-state index in [-0.39, 0.29) is 6.10 Å². The Morgan fingerprint density at radius 3 is 3.00 bits per heavy atom. The van der Waals surface area contributed by atoms with Gasteiger partial charge in [0.25, 0.3) is 0 Å². The fourth-order valence-electron chi connectivity index (χ4n) is 1.97. The Morgan fingerprint density at radius 1 is 1.62 bits per heavy atom. The normalized spacial score (nSPS) is 30.3. The van der Waals surface area contributed by atoms with Crippen molar-refractivity contribution in [2.75, 3.05) is 19.6 Å². The Bertz CT molecular complexity index is 158. The minimum absolute atomic E-state index is 0.0648. The van der Waals surface area contributed by atoms with Crippen LogP contribution in [0.5, 0.6) is 0 Å². The van der Waals surface area contributed by atoms with Crippen LogP contribution < -0.4 is 0 Å². The smallest absolute Gasteiger partial charge is 0.0592 e. The van der Waals surface area contributed by atoms with Crippen LogP contribution in [0.3, 0.4) is 0 Å². The number of nitrogens with zero attached hydrogens (tertiary/aromatic N) is 1. The molecule has 0 aromatic carbocycles. The molecule has 1 aliphatic heterocycles. The predicted octanol–water partition coefficient (Wildman–Crippen LogP) is 1.66. The fourth-order valence-corrected chi connectivity index (χ4v) is 1.97. The molecule has 0 aromatic rings. The minimum atomic E-state index is -0.0648. The zero-order valence-electron chi connectivity index (χ0n) is 8.58. The first-order valence-electron chi connectivity index (χ1n) is 5.29. The number of rotatable bonds is 4. The summed E-state index contributed by atoms with van der Waals surface area (Å²) in [5, 5.41) is 9.67. The Balaban J connectivity index is 2.31. The van der Waals surface area contributed by atoms with E-state index < -0.39 is 0 Å². The van der Waals surface area contributed by atoms with Gasteiger partial charge in [-0.1, -0.05) is 13.0 Å². The van der Waals surface area contributed by atoms with Crippen molar-refractivity contribution < 1.29 is 5.11 Å². The van der Waals surface area contributed by atoms with Crippen LogP contribution in [0.25, 0.3) is 0 Å². The number of hydrogen-bond donors (Lipinski definition) is 1. The molecule has 0 radical (unpaired) electrons. The first-order chi connectivity index (χ1) is 6.27. The molecule has 1 saturated heterocycles. The van der Waals surface area contributed by atoms with Crippen molar-refractivity contribution in [3.05, 3.63) is 12.7 Å². The van der Waals surface area contributed by atoms with Crippen molar-refractivity contribution in [2.45, 2.75) is 32.3 Å². The van der Waals surface area contributed by atoms with E-state index in [4.69, 9.17) is 0 Å². The summed E-state index contributed by atoms with van der Waals surface area (Å²) in [6.07, 6.45) is 4.99. The van der Waals surface area contributed by atoms with E-state index in [9.17, 15) is 5.11 Å². The highest BCUT2D eigenvalue weighted by Crippen LogP contribution is 2.19. The fraction of sp³-hybridized carbons (Fsp3) is 0.818. The third-order valence-electron chi connectivity index (χ3n) is 2.95. The number of aliphatic hydroxyl groups is 1. The van der Waals surface area contributed by atoms with Crippen LogP contribution in [0.1, 0.15) is 26.2 Å². The standard InChI is InChI=1S/C11H21NO/c1-3-5-7-12-8-6-11(13)10(4-2)9-12/h3,10-11,13H,1,4-9H2,2H3. The van der Waals surface area contributed by atoms with Crippen LogP contribution in [-0.4, -0.2) is 35.7 Å². The van der Waals surface area contributed by atoms with Gasteiger partial charge in [0.1, 0.15) is 0 Å². The van der Waals surface area contributed by atoms with Crippen molar-refractivity contribution >= 4 is 0 Å². The molecular formula is C11H21NO. The maximum absolute atomic E-state index is 9.67. The summed E-state index contributed by atoms with van der Waals surface area (Å²) < 4.78 is 0. The largest absolute Gasteiger partial charge is 0.393 e. The number of aliphatic hydroxyl groups excluding tert-OH is 1. The summed E-state index contributed by atoms with van der Waals surface area (Å²) in [7, 11) is 0. The molecule has 2 heteroatoms. The SMILES string of the molecule is C=CCCN1CCC(O)C(CC)C1. The van der Waals surface area contributed by atoms with Gasteiger partial charge in [-0.3, -0.25) is 0 Å². The van der Waals surface area contributed by atoms with E-state index in [0.29, 0.717) is 5.92 Å². The molecule has 0 spiro atoms. The maximum atomic E-state index is 9.67. The lowest BCUT2D eigenvalue weighted by atomic mass is 9.92. The molecule has 0 bridgehead atoms. The zero-order valence-corrected chi connectivity index (χ0v) is 8.58. The molecule has 2 unspecified atom stereocenters.